The van der Waals surface area contributed by atoms with Crippen molar-refractivity contribution >= 4 is 23.9 Å². The van der Waals surface area contributed by atoms with Gasteiger partial charge < -0.3 is 0 Å². The second-order valence-electron chi connectivity index (χ2n) is 2.28. The molecule has 0 saturated carbocycles. The van der Waals surface area contributed by atoms with Crippen molar-refractivity contribution in [1.29, 1.82) is 0 Å². The zero-order chi connectivity index (χ0) is 7.56. The van der Waals surface area contributed by atoms with E-state index in [0.29, 0.717) is 6.17 Å². The van der Waals surface area contributed by atoms with E-state index in [9.17, 15) is 0 Å². The van der Waals surface area contributed by atoms with E-state index in [4.69, 9.17) is 0 Å². The van der Waals surface area contributed by atoms with Crippen LogP contribution in [0.2, 0.25) is 0 Å². The third-order valence-electron chi connectivity index (χ3n) is 1.84. The van der Waals surface area contributed by atoms with Crippen molar-refractivity contribution in [2.45, 2.75) is 13.1 Å². The van der Waals surface area contributed by atoms with Gasteiger partial charge in [0.05, 0.1) is 6.17 Å². The molecule has 4 heteroatoms. The molecule has 0 bridgehead atoms. The van der Waals surface area contributed by atoms with Crippen molar-refractivity contribution in [1.82, 2.24) is 8.61 Å². The molecule has 60 valence electrons. The van der Waals surface area contributed by atoms with Gasteiger partial charge in [0.25, 0.3) is 0 Å². The van der Waals surface area contributed by atoms with E-state index in [-0.39, 0.29) is 0 Å². The average Bonchev–Trinajstić information content (AvgIpc) is 2.30. The van der Waals surface area contributed by atoms with Gasteiger partial charge in [-0.3, -0.25) is 0 Å². The summed E-state index contributed by atoms with van der Waals surface area (Å²) in [6.45, 7) is 4.65. The standard InChI is InChI=1S/C6H14N2S2/c1-6-7(9-2)4-5-8(6)10-3/h6H,4-5H2,1-3H3. The largest absolute Gasteiger partial charge is 0.232 e. The SMILES string of the molecule is CSN1CCN(SC)C1C. The molecule has 1 rings (SSSR count). The molecule has 0 N–H and O–H groups in total. The Hall–Kier alpha value is 0.620. The maximum Gasteiger partial charge on any atom is 0.0789 e. The fraction of sp³-hybridized carbons (Fsp3) is 1.00. The van der Waals surface area contributed by atoms with Crippen molar-refractivity contribution in [3.05, 3.63) is 0 Å². The Kier molecular flexibility index (Phi) is 3.36. The van der Waals surface area contributed by atoms with Crippen LogP contribution in [0.25, 0.3) is 0 Å². The highest BCUT2D eigenvalue weighted by Crippen LogP contribution is 2.24. The third-order valence-corrected chi connectivity index (χ3v) is 3.76. The molecular weight excluding hydrogens is 164 g/mol. The molecule has 1 fully saturated rings. The Morgan fingerprint density at radius 3 is 1.70 bits per heavy atom. The molecule has 0 amide bonds. The van der Waals surface area contributed by atoms with E-state index in [2.05, 4.69) is 28.0 Å². The molecule has 1 saturated heterocycles. The minimum absolute atomic E-state index is 0.602. The Morgan fingerprint density at radius 2 is 1.50 bits per heavy atom. The molecule has 0 aliphatic carbocycles. The lowest BCUT2D eigenvalue weighted by molar-refractivity contribution is 0.354. The number of nitrogens with zero attached hydrogens (tertiary/aromatic N) is 2. The molecule has 0 aromatic heterocycles. The summed E-state index contributed by atoms with van der Waals surface area (Å²) in [4.78, 5) is 0. The van der Waals surface area contributed by atoms with Gasteiger partial charge in [-0.05, 0) is 19.4 Å². The second-order valence-corrected chi connectivity index (χ2v) is 3.95. The van der Waals surface area contributed by atoms with Gasteiger partial charge in [-0.2, -0.15) is 0 Å². The molecule has 0 aromatic rings. The molecule has 10 heavy (non-hydrogen) atoms. The number of hydrogen-bond donors (Lipinski definition) is 0. The fourth-order valence-corrected chi connectivity index (χ4v) is 2.63. The number of rotatable bonds is 2. The normalized spacial score (nSPS) is 24.3. The molecule has 0 radical (unpaired) electrons. The number of hydrogen-bond acceptors (Lipinski definition) is 4. The molecule has 1 aliphatic rings. The Morgan fingerprint density at radius 1 is 1.10 bits per heavy atom. The minimum atomic E-state index is 0.602. The summed E-state index contributed by atoms with van der Waals surface area (Å²) < 4.78 is 4.80. The highest BCUT2D eigenvalue weighted by molar-refractivity contribution is 7.97. The lowest BCUT2D eigenvalue weighted by Gasteiger charge is -2.22. The summed E-state index contributed by atoms with van der Waals surface area (Å²) in [5.41, 5.74) is 0. The average molecular weight is 178 g/mol. The first kappa shape index (κ1) is 8.71. The van der Waals surface area contributed by atoms with Crippen LogP contribution in [-0.2, 0) is 0 Å². The summed E-state index contributed by atoms with van der Waals surface area (Å²) in [6.07, 6.45) is 4.88. The highest BCUT2D eigenvalue weighted by Gasteiger charge is 2.26. The van der Waals surface area contributed by atoms with Crippen molar-refractivity contribution in [2.75, 3.05) is 25.6 Å². The Labute approximate surface area is 71.6 Å². The maximum atomic E-state index is 2.40. The second kappa shape index (κ2) is 3.85. The van der Waals surface area contributed by atoms with Crippen LogP contribution in [0, 0.1) is 0 Å². The molecule has 0 unspecified atom stereocenters. The maximum absolute atomic E-state index is 2.40. The van der Waals surface area contributed by atoms with Gasteiger partial charge in [-0.25, -0.2) is 8.61 Å². The van der Waals surface area contributed by atoms with Crippen molar-refractivity contribution in [2.24, 2.45) is 0 Å². The van der Waals surface area contributed by atoms with Crippen molar-refractivity contribution in [3.63, 3.8) is 0 Å². The smallest absolute Gasteiger partial charge is 0.0789 e. The van der Waals surface area contributed by atoms with E-state index in [0.717, 1.165) is 0 Å². The van der Waals surface area contributed by atoms with E-state index in [1.54, 1.807) is 0 Å². The first-order valence-electron chi connectivity index (χ1n) is 3.41. The van der Waals surface area contributed by atoms with Crippen LogP contribution >= 0.6 is 23.9 Å². The topological polar surface area (TPSA) is 6.48 Å². The molecule has 0 atom stereocenters. The van der Waals surface area contributed by atoms with E-state index in [1.165, 1.54) is 13.1 Å². The van der Waals surface area contributed by atoms with Crippen molar-refractivity contribution < 1.29 is 0 Å². The van der Waals surface area contributed by atoms with E-state index < -0.39 is 0 Å². The molecule has 2 nitrogen and oxygen atoms in total. The summed E-state index contributed by atoms with van der Waals surface area (Å²) in [7, 11) is 0. The van der Waals surface area contributed by atoms with Crippen molar-refractivity contribution in [3.8, 4) is 0 Å². The predicted octanol–water partition coefficient (Wildman–Crippen LogP) is 1.51. The van der Waals surface area contributed by atoms with Gasteiger partial charge >= 0.3 is 0 Å². The van der Waals surface area contributed by atoms with Crippen LogP contribution in [0.3, 0.4) is 0 Å². The van der Waals surface area contributed by atoms with Crippen LogP contribution in [0.5, 0.6) is 0 Å². The quantitative estimate of drug-likeness (QED) is 0.591. The first-order valence-corrected chi connectivity index (χ1v) is 5.77. The lowest BCUT2D eigenvalue weighted by atomic mass is 10.6. The van der Waals surface area contributed by atoms with Crippen LogP contribution < -0.4 is 0 Å². The first-order chi connectivity index (χ1) is 4.79. The lowest BCUT2D eigenvalue weighted by Crippen LogP contribution is -2.27. The molecule has 0 aromatic carbocycles. The fourth-order valence-electron chi connectivity index (χ4n) is 1.20. The van der Waals surface area contributed by atoms with Gasteiger partial charge in [0.15, 0.2) is 0 Å². The van der Waals surface area contributed by atoms with Crippen LogP contribution in [-0.4, -0.2) is 40.4 Å². The van der Waals surface area contributed by atoms with Gasteiger partial charge in [0.2, 0.25) is 0 Å². The Balaban J connectivity index is 2.41. The molecule has 1 aliphatic heterocycles. The van der Waals surface area contributed by atoms with Gasteiger partial charge in [0.1, 0.15) is 0 Å². The molecular formula is C6H14N2S2. The Bertz CT molecular complexity index is 97.9. The minimum Gasteiger partial charge on any atom is -0.232 e. The van der Waals surface area contributed by atoms with Gasteiger partial charge in [-0.1, -0.05) is 23.9 Å². The summed E-state index contributed by atoms with van der Waals surface area (Å²) in [6, 6.07) is 0. The molecule has 0 spiro atoms. The predicted molar refractivity (Wildman–Crippen MR) is 49.9 cm³/mol. The van der Waals surface area contributed by atoms with E-state index >= 15 is 0 Å². The summed E-state index contributed by atoms with van der Waals surface area (Å²) >= 11 is 3.68. The monoisotopic (exact) mass is 178 g/mol. The third kappa shape index (κ3) is 1.61. The summed E-state index contributed by atoms with van der Waals surface area (Å²) in [5, 5.41) is 0. The van der Waals surface area contributed by atoms with Gasteiger partial charge in [0, 0.05) is 13.1 Å². The van der Waals surface area contributed by atoms with E-state index in [1.807, 2.05) is 23.9 Å². The van der Waals surface area contributed by atoms with Crippen LogP contribution in [0.15, 0.2) is 0 Å². The zero-order valence-corrected chi connectivity index (χ0v) is 8.34. The zero-order valence-electron chi connectivity index (χ0n) is 6.70. The molecule has 1 heterocycles. The highest BCUT2D eigenvalue weighted by atomic mass is 32.2. The van der Waals surface area contributed by atoms with Crippen LogP contribution in [0.4, 0.5) is 0 Å². The summed E-state index contributed by atoms with van der Waals surface area (Å²) in [5.74, 6) is 0. The van der Waals surface area contributed by atoms with Crippen LogP contribution in [0.1, 0.15) is 6.92 Å². The van der Waals surface area contributed by atoms with Gasteiger partial charge in [-0.15, -0.1) is 0 Å².